The molecule has 2 saturated heterocycles. The van der Waals surface area contributed by atoms with Crippen molar-refractivity contribution in [1.82, 2.24) is 5.32 Å². The average molecular weight is 438 g/mol. The molecule has 6 atom stereocenters. The number of carbonyl (C=O) groups excluding carboxylic acids is 1. The van der Waals surface area contributed by atoms with Crippen molar-refractivity contribution >= 4 is 6.09 Å². The standard InChI is InChI=1S/C24H39NO6/c1-16(2)8-9-18-22(3,31-18)20-19(28-5)17(10-13-24(20)15-29-24)30-21(26)25-23(14-27-4)11-6-7-12-23/h8,17-20H,6-7,9-15H2,1-5H3,(H,25,26)/t17?,18-,19?,20?,22+,24+/m1/s1. The van der Waals surface area contributed by atoms with E-state index < -0.39 is 0 Å². The molecular formula is C24H39NO6. The number of hydrogen-bond donors (Lipinski definition) is 1. The number of rotatable bonds is 8. The molecule has 0 radical (unpaired) electrons. The Morgan fingerprint density at radius 3 is 2.48 bits per heavy atom. The van der Waals surface area contributed by atoms with Crippen LogP contribution in [0.5, 0.6) is 0 Å². The third-order valence-electron chi connectivity index (χ3n) is 7.84. The van der Waals surface area contributed by atoms with Gasteiger partial charge in [-0.05, 0) is 52.9 Å². The molecule has 4 rings (SSSR count). The third kappa shape index (κ3) is 4.52. The first-order valence-electron chi connectivity index (χ1n) is 11.7. The lowest BCUT2D eigenvalue weighted by Gasteiger charge is -2.43. The predicted molar refractivity (Wildman–Crippen MR) is 116 cm³/mol. The van der Waals surface area contributed by atoms with E-state index in [0.29, 0.717) is 6.61 Å². The van der Waals surface area contributed by atoms with Gasteiger partial charge in [0.2, 0.25) is 0 Å². The number of alkyl carbamates (subject to hydrolysis) is 1. The molecule has 2 aliphatic heterocycles. The molecule has 31 heavy (non-hydrogen) atoms. The lowest BCUT2D eigenvalue weighted by Crippen LogP contribution is -2.57. The van der Waals surface area contributed by atoms with Crippen LogP contribution in [-0.2, 0) is 23.7 Å². The number of methoxy groups -OCH3 is 2. The quantitative estimate of drug-likeness (QED) is 0.460. The second-order valence-corrected chi connectivity index (χ2v) is 10.4. The number of epoxide rings is 2. The van der Waals surface area contributed by atoms with Crippen molar-refractivity contribution in [2.75, 3.05) is 27.4 Å². The van der Waals surface area contributed by atoms with Gasteiger partial charge in [-0.3, -0.25) is 0 Å². The largest absolute Gasteiger partial charge is 0.443 e. The first-order valence-corrected chi connectivity index (χ1v) is 11.7. The molecule has 0 aromatic rings. The summed E-state index contributed by atoms with van der Waals surface area (Å²) in [6, 6.07) is 0. The molecule has 1 amide bonds. The molecule has 7 nitrogen and oxygen atoms in total. The molecule has 4 aliphatic rings. The van der Waals surface area contributed by atoms with Gasteiger partial charge in [0.25, 0.3) is 0 Å². The van der Waals surface area contributed by atoms with Crippen LogP contribution in [0.15, 0.2) is 11.6 Å². The van der Waals surface area contributed by atoms with Crippen molar-refractivity contribution < 1.29 is 28.5 Å². The van der Waals surface area contributed by atoms with E-state index in [1.807, 2.05) is 0 Å². The van der Waals surface area contributed by atoms with Gasteiger partial charge >= 0.3 is 6.09 Å². The maximum absolute atomic E-state index is 12.9. The van der Waals surface area contributed by atoms with Gasteiger partial charge in [-0.1, -0.05) is 24.5 Å². The molecule has 2 saturated carbocycles. The third-order valence-corrected chi connectivity index (χ3v) is 7.84. The number of ether oxygens (including phenoxy) is 5. The fourth-order valence-electron chi connectivity index (χ4n) is 6.09. The highest BCUT2D eigenvalue weighted by Crippen LogP contribution is 2.59. The number of hydrogen-bond acceptors (Lipinski definition) is 6. The summed E-state index contributed by atoms with van der Waals surface area (Å²) in [5.41, 5.74) is 0.431. The van der Waals surface area contributed by atoms with Crippen LogP contribution in [-0.4, -0.2) is 68.6 Å². The summed E-state index contributed by atoms with van der Waals surface area (Å²) in [7, 11) is 3.38. The second kappa shape index (κ2) is 8.65. The van der Waals surface area contributed by atoms with Gasteiger partial charge < -0.3 is 29.0 Å². The minimum absolute atomic E-state index is 0.0338. The Morgan fingerprint density at radius 1 is 1.19 bits per heavy atom. The van der Waals surface area contributed by atoms with Crippen LogP contribution in [0, 0.1) is 5.92 Å². The van der Waals surface area contributed by atoms with E-state index in [1.54, 1.807) is 14.2 Å². The predicted octanol–water partition coefficient (Wildman–Crippen LogP) is 3.75. The molecule has 2 heterocycles. The Morgan fingerprint density at radius 2 is 1.90 bits per heavy atom. The van der Waals surface area contributed by atoms with Crippen molar-refractivity contribution in [3.63, 3.8) is 0 Å². The first kappa shape index (κ1) is 23.0. The lowest BCUT2D eigenvalue weighted by atomic mass is 9.68. The lowest BCUT2D eigenvalue weighted by molar-refractivity contribution is -0.119. The smallest absolute Gasteiger partial charge is 0.408 e. The van der Waals surface area contributed by atoms with Crippen LogP contribution < -0.4 is 5.32 Å². The van der Waals surface area contributed by atoms with Gasteiger partial charge in [0, 0.05) is 14.2 Å². The van der Waals surface area contributed by atoms with Crippen LogP contribution in [0.25, 0.3) is 0 Å². The highest BCUT2D eigenvalue weighted by molar-refractivity contribution is 5.68. The van der Waals surface area contributed by atoms with Crippen LogP contribution in [0.4, 0.5) is 4.79 Å². The molecule has 4 fully saturated rings. The fourth-order valence-corrected chi connectivity index (χ4v) is 6.09. The van der Waals surface area contributed by atoms with Crippen molar-refractivity contribution in [3.8, 4) is 0 Å². The summed E-state index contributed by atoms with van der Waals surface area (Å²) in [5.74, 6) is 0.0338. The number of carbonyl (C=O) groups is 1. The molecule has 1 N–H and O–H groups in total. The van der Waals surface area contributed by atoms with Gasteiger partial charge in [0.05, 0.1) is 30.8 Å². The Balaban J connectivity index is 1.45. The topological polar surface area (TPSA) is 81.9 Å². The van der Waals surface area contributed by atoms with Crippen molar-refractivity contribution in [1.29, 1.82) is 0 Å². The van der Waals surface area contributed by atoms with Crippen LogP contribution in [0.1, 0.15) is 65.7 Å². The zero-order chi connectivity index (χ0) is 22.3. The normalized spacial score (nSPS) is 40.4. The molecule has 7 heteroatoms. The number of amides is 1. The van der Waals surface area contributed by atoms with E-state index in [-0.39, 0.29) is 47.1 Å². The van der Waals surface area contributed by atoms with E-state index >= 15 is 0 Å². The second-order valence-electron chi connectivity index (χ2n) is 10.4. The van der Waals surface area contributed by atoms with Crippen LogP contribution in [0.2, 0.25) is 0 Å². The summed E-state index contributed by atoms with van der Waals surface area (Å²) in [4.78, 5) is 12.9. The summed E-state index contributed by atoms with van der Waals surface area (Å²) in [6.07, 6.45) is 7.91. The highest BCUT2D eigenvalue weighted by atomic mass is 16.6. The number of allylic oxidation sites excluding steroid dienone is 1. The summed E-state index contributed by atoms with van der Waals surface area (Å²) >= 11 is 0. The summed E-state index contributed by atoms with van der Waals surface area (Å²) in [5, 5.41) is 3.12. The van der Waals surface area contributed by atoms with E-state index in [0.717, 1.165) is 51.6 Å². The van der Waals surface area contributed by atoms with Crippen molar-refractivity contribution in [3.05, 3.63) is 11.6 Å². The zero-order valence-corrected chi connectivity index (χ0v) is 19.7. The summed E-state index contributed by atoms with van der Waals surface area (Å²) < 4.78 is 29.6. The van der Waals surface area contributed by atoms with Crippen LogP contribution in [0.3, 0.4) is 0 Å². The van der Waals surface area contributed by atoms with Crippen molar-refractivity contribution in [2.24, 2.45) is 5.92 Å². The SMILES string of the molecule is COCC1(NC(=O)OC2CC[C@]3(CO3)C([C@@]3(C)O[C@@H]3CC=C(C)C)C2OC)CCCC1. The molecule has 2 aliphatic carbocycles. The molecule has 3 unspecified atom stereocenters. The van der Waals surface area contributed by atoms with E-state index in [9.17, 15) is 4.79 Å². The van der Waals surface area contributed by atoms with Gasteiger partial charge in [-0.15, -0.1) is 0 Å². The Kier molecular flexibility index (Phi) is 6.43. The Bertz CT molecular complexity index is 694. The van der Waals surface area contributed by atoms with Gasteiger partial charge in [0.1, 0.15) is 23.4 Å². The molecule has 0 aromatic carbocycles. The minimum Gasteiger partial charge on any atom is -0.443 e. The van der Waals surface area contributed by atoms with E-state index in [1.165, 1.54) is 5.57 Å². The molecule has 0 bridgehead atoms. The van der Waals surface area contributed by atoms with Gasteiger partial charge in [0.15, 0.2) is 0 Å². The Hall–Kier alpha value is -1.15. The van der Waals surface area contributed by atoms with E-state index in [4.69, 9.17) is 23.7 Å². The van der Waals surface area contributed by atoms with E-state index in [2.05, 4.69) is 32.2 Å². The Labute approximate surface area is 186 Å². The number of nitrogens with one attached hydrogen (secondary N) is 1. The maximum atomic E-state index is 12.9. The monoisotopic (exact) mass is 437 g/mol. The highest BCUT2D eigenvalue weighted by Gasteiger charge is 2.72. The first-order chi connectivity index (χ1) is 14.8. The average Bonchev–Trinajstić information content (AvgIpc) is 3.58. The van der Waals surface area contributed by atoms with Gasteiger partial charge in [-0.2, -0.15) is 0 Å². The zero-order valence-electron chi connectivity index (χ0n) is 19.7. The molecular weight excluding hydrogens is 398 g/mol. The minimum atomic E-state index is -0.375. The van der Waals surface area contributed by atoms with Gasteiger partial charge in [-0.25, -0.2) is 4.79 Å². The maximum Gasteiger partial charge on any atom is 0.408 e. The van der Waals surface area contributed by atoms with Crippen LogP contribution >= 0.6 is 0 Å². The molecule has 0 aromatic heterocycles. The molecule has 1 spiro atoms. The molecule has 176 valence electrons. The summed E-state index contributed by atoms with van der Waals surface area (Å²) in [6.45, 7) is 7.60. The fraction of sp³-hybridized carbons (Fsp3) is 0.875. The van der Waals surface area contributed by atoms with Crippen molar-refractivity contribution in [2.45, 2.75) is 101 Å².